The highest BCUT2D eigenvalue weighted by Crippen LogP contribution is 2.35. The van der Waals surface area contributed by atoms with Crippen LogP contribution in [-0.2, 0) is 4.74 Å². The molecule has 0 spiro atoms. The van der Waals surface area contributed by atoms with Crippen LogP contribution in [0.15, 0.2) is 120 Å². The molecule has 0 bridgehead atoms. The molecule has 0 radical (unpaired) electrons. The number of hydrogen-bond donors (Lipinski definition) is 0. The van der Waals surface area contributed by atoms with Crippen molar-refractivity contribution in [2.24, 2.45) is 4.99 Å². The van der Waals surface area contributed by atoms with Crippen molar-refractivity contribution in [3.63, 3.8) is 0 Å². The van der Waals surface area contributed by atoms with Gasteiger partial charge >= 0.3 is 0 Å². The molecule has 0 aliphatic carbocycles. The number of aliphatic imine (C=N–C) groups is 1. The predicted molar refractivity (Wildman–Crippen MR) is 127 cm³/mol. The molecule has 0 saturated heterocycles. The van der Waals surface area contributed by atoms with Gasteiger partial charge in [-0.25, -0.2) is 4.99 Å². The first kappa shape index (κ1) is 18.8. The third-order valence-corrected chi connectivity index (χ3v) is 7.74. The predicted octanol–water partition coefficient (Wildman–Crippen LogP) is 4.96. The highest BCUT2D eigenvalue weighted by molar-refractivity contribution is 7.80. The summed E-state index contributed by atoms with van der Waals surface area (Å²) in [6.45, 7) is 0.586. The number of benzene rings is 4. The zero-order valence-corrected chi connectivity index (χ0v) is 17.5. The highest BCUT2D eigenvalue weighted by atomic mass is 31.1. The van der Waals surface area contributed by atoms with Crippen LogP contribution in [0, 0.1) is 0 Å². The van der Waals surface area contributed by atoms with Gasteiger partial charge in [0.05, 0.1) is 0 Å². The molecule has 0 aromatic heterocycles. The van der Waals surface area contributed by atoms with E-state index < -0.39 is 7.92 Å². The third kappa shape index (κ3) is 3.79. The molecule has 0 saturated carbocycles. The second kappa shape index (κ2) is 8.65. The standard InChI is InChI=1S/C27H22NOP/c1-4-12-21(13-5-1)25-20-29-27(28-25)24-18-10-11-19-26(24)30(22-14-6-2-7-15-22)23-16-8-3-9-17-23/h1-19,25H,20H2/t25-/m1/s1. The summed E-state index contributed by atoms with van der Waals surface area (Å²) >= 11 is 0. The molecule has 1 aliphatic heterocycles. The van der Waals surface area contributed by atoms with E-state index in [-0.39, 0.29) is 6.04 Å². The molecule has 1 atom stereocenters. The molecule has 0 amide bonds. The third-order valence-electron chi connectivity index (χ3n) is 5.24. The van der Waals surface area contributed by atoms with Gasteiger partial charge in [0.25, 0.3) is 0 Å². The van der Waals surface area contributed by atoms with Crippen molar-refractivity contribution in [2.75, 3.05) is 6.61 Å². The van der Waals surface area contributed by atoms with E-state index >= 15 is 0 Å². The van der Waals surface area contributed by atoms with Crippen molar-refractivity contribution >= 4 is 29.7 Å². The molecule has 30 heavy (non-hydrogen) atoms. The van der Waals surface area contributed by atoms with E-state index in [1.807, 2.05) is 6.07 Å². The van der Waals surface area contributed by atoms with Gasteiger partial charge in [0.2, 0.25) is 5.90 Å². The maximum Gasteiger partial charge on any atom is 0.217 e. The van der Waals surface area contributed by atoms with Gasteiger partial charge in [0.15, 0.2) is 0 Å². The van der Waals surface area contributed by atoms with Crippen LogP contribution in [0.4, 0.5) is 0 Å². The summed E-state index contributed by atoms with van der Waals surface area (Å²) < 4.78 is 6.13. The Morgan fingerprint density at radius 1 is 0.633 bits per heavy atom. The van der Waals surface area contributed by atoms with Crippen LogP contribution in [0.5, 0.6) is 0 Å². The minimum absolute atomic E-state index is 0.0499. The fraction of sp³-hybridized carbons (Fsp3) is 0.0741. The van der Waals surface area contributed by atoms with Crippen molar-refractivity contribution in [3.8, 4) is 0 Å². The van der Waals surface area contributed by atoms with E-state index in [2.05, 4.69) is 109 Å². The van der Waals surface area contributed by atoms with Crippen LogP contribution in [-0.4, -0.2) is 12.5 Å². The Hall–Kier alpha value is -3.22. The van der Waals surface area contributed by atoms with Crippen molar-refractivity contribution in [1.82, 2.24) is 0 Å². The summed E-state index contributed by atoms with van der Waals surface area (Å²) in [5, 5.41) is 3.92. The molecule has 5 rings (SSSR count). The van der Waals surface area contributed by atoms with Gasteiger partial charge in [0.1, 0.15) is 12.6 Å². The Kier molecular flexibility index (Phi) is 5.42. The molecular weight excluding hydrogens is 385 g/mol. The lowest BCUT2D eigenvalue weighted by Crippen LogP contribution is -2.25. The first-order chi connectivity index (χ1) is 14.9. The maximum atomic E-state index is 6.13. The summed E-state index contributed by atoms with van der Waals surface area (Å²) in [4.78, 5) is 4.96. The lowest BCUT2D eigenvalue weighted by atomic mass is 10.1. The molecule has 0 unspecified atom stereocenters. The van der Waals surface area contributed by atoms with Crippen molar-refractivity contribution in [2.45, 2.75) is 6.04 Å². The first-order valence-corrected chi connectivity index (χ1v) is 11.5. The smallest absolute Gasteiger partial charge is 0.217 e. The maximum absolute atomic E-state index is 6.13. The Balaban J connectivity index is 1.60. The van der Waals surface area contributed by atoms with Gasteiger partial charge in [-0.15, -0.1) is 0 Å². The fourth-order valence-electron chi connectivity index (χ4n) is 3.80. The fourth-order valence-corrected chi connectivity index (χ4v) is 6.24. The largest absolute Gasteiger partial charge is 0.475 e. The molecule has 4 aromatic carbocycles. The lowest BCUT2D eigenvalue weighted by Gasteiger charge is -2.22. The second-order valence-electron chi connectivity index (χ2n) is 7.20. The molecule has 1 heterocycles. The van der Waals surface area contributed by atoms with Crippen molar-refractivity contribution in [1.29, 1.82) is 0 Å². The van der Waals surface area contributed by atoms with E-state index in [0.717, 1.165) is 11.5 Å². The number of hydrogen-bond acceptors (Lipinski definition) is 2. The monoisotopic (exact) mass is 407 g/mol. The normalized spacial score (nSPS) is 15.6. The van der Waals surface area contributed by atoms with E-state index in [0.29, 0.717) is 6.61 Å². The molecule has 3 heteroatoms. The molecule has 0 fully saturated rings. The van der Waals surface area contributed by atoms with Gasteiger partial charge in [-0.3, -0.25) is 0 Å². The minimum atomic E-state index is -0.712. The summed E-state index contributed by atoms with van der Waals surface area (Å²) in [5.41, 5.74) is 2.29. The molecular formula is C27H22NOP. The zero-order chi connectivity index (χ0) is 20.2. The lowest BCUT2D eigenvalue weighted by molar-refractivity contribution is 0.320. The average Bonchev–Trinajstić information content (AvgIpc) is 3.32. The number of ether oxygens (including phenoxy) is 1. The topological polar surface area (TPSA) is 21.6 Å². The Bertz CT molecular complexity index is 1100. The van der Waals surface area contributed by atoms with Crippen LogP contribution in [0.25, 0.3) is 0 Å². The second-order valence-corrected chi connectivity index (χ2v) is 9.38. The van der Waals surface area contributed by atoms with Gasteiger partial charge < -0.3 is 4.74 Å². The zero-order valence-electron chi connectivity index (χ0n) is 16.6. The molecule has 146 valence electrons. The van der Waals surface area contributed by atoms with Crippen LogP contribution in [0.1, 0.15) is 17.2 Å². The van der Waals surface area contributed by atoms with Crippen molar-refractivity contribution in [3.05, 3.63) is 126 Å². The summed E-state index contributed by atoms with van der Waals surface area (Å²) in [7, 11) is -0.712. The van der Waals surface area contributed by atoms with Crippen LogP contribution < -0.4 is 15.9 Å². The van der Waals surface area contributed by atoms with E-state index in [4.69, 9.17) is 9.73 Å². The quantitative estimate of drug-likeness (QED) is 0.429. The van der Waals surface area contributed by atoms with Crippen LogP contribution in [0.2, 0.25) is 0 Å². The van der Waals surface area contributed by atoms with Crippen molar-refractivity contribution < 1.29 is 4.74 Å². The van der Waals surface area contributed by atoms with Gasteiger partial charge in [-0.2, -0.15) is 0 Å². The average molecular weight is 407 g/mol. The minimum Gasteiger partial charge on any atom is -0.475 e. The molecule has 0 N–H and O–H groups in total. The van der Waals surface area contributed by atoms with Crippen LogP contribution >= 0.6 is 7.92 Å². The van der Waals surface area contributed by atoms with E-state index in [9.17, 15) is 0 Å². The van der Waals surface area contributed by atoms with Gasteiger partial charge in [-0.05, 0) is 35.5 Å². The van der Waals surface area contributed by atoms with Crippen LogP contribution in [0.3, 0.4) is 0 Å². The van der Waals surface area contributed by atoms with Gasteiger partial charge in [0, 0.05) is 5.56 Å². The van der Waals surface area contributed by atoms with E-state index in [1.54, 1.807) is 0 Å². The summed E-state index contributed by atoms with van der Waals surface area (Å²) in [5.74, 6) is 0.749. The number of nitrogens with zero attached hydrogens (tertiary/aromatic N) is 1. The Morgan fingerprint density at radius 3 is 1.80 bits per heavy atom. The molecule has 2 nitrogen and oxygen atoms in total. The van der Waals surface area contributed by atoms with Gasteiger partial charge in [-0.1, -0.05) is 109 Å². The SMILES string of the molecule is c1ccc([C@H]2COC(c3ccccc3P(c3ccccc3)c3ccccc3)=N2)cc1. The molecule has 4 aromatic rings. The summed E-state index contributed by atoms with van der Waals surface area (Å²) in [6, 6.07) is 40.5. The number of rotatable bonds is 5. The Labute approximate surface area is 178 Å². The highest BCUT2D eigenvalue weighted by Gasteiger charge is 2.26. The van der Waals surface area contributed by atoms with E-state index in [1.165, 1.54) is 21.5 Å². The first-order valence-electron chi connectivity index (χ1n) is 10.2. The Morgan fingerprint density at radius 2 is 1.17 bits per heavy atom. The summed E-state index contributed by atoms with van der Waals surface area (Å²) in [6.07, 6.45) is 0. The molecule has 1 aliphatic rings.